The first-order valence-electron chi connectivity index (χ1n) is 5.13. The molecular formula is C13H14N2O. The van der Waals surface area contributed by atoms with Crippen LogP contribution in [-0.4, -0.2) is 4.98 Å². The van der Waals surface area contributed by atoms with Gasteiger partial charge in [0.2, 0.25) is 0 Å². The minimum absolute atomic E-state index is 0.488. The fourth-order valence-electron chi connectivity index (χ4n) is 1.41. The minimum Gasteiger partial charge on any atom is -0.487 e. The Kier molecular flexibility index (Phi) is 3.05. The number of aromatic nitrogens is 1. The van der Waals surface area contributed by atoms with Gasteiger partial charge in [-0.05, 0) is 30.7 Å². The Balaban J connectivity index is 2.08. The van der Waals surface area contributed by atoms with E-state index >= 15 is 0 Å². The summed E-state index contributed by atoms with van der Waals surface area (Å²) in [6, 6.07) is 9.61. The number of hydrogen-bond acceptors (Lipinski definition) is 3. The number of nitrogens with two attached hydrogens (primary N) is 1. The second kappa shape index (κ2) is 4.66. The molecule has 0 aliphatic carbocycles. The highest BCUT2D eigenvalue weighted by Crippen LogP contribution is 2.23. The summed E-state index contributed by atoms with van der Waals surface area (Å²) in [6.07, 6.45) is 3.52. The quantitative estimate of drug-likeness (QED) is 0.799. The lowest BCUT2D eigenvalue weighted by atomic mass is 10.2. The first-order valence-corrected chi connectivity index (χ1v) is 5.13. The molecule has 0 saturated carbocycles. The van der Waals surface area contributed by atoms with Crippen LogP contribution >= 0.6 is 0 Å². The van der Waals surface area contributed by atoms with Crippen molar-refractivity contribution in [2.45, 2.75) is 13.5 Å². The highest BCUT2D eigenvalue weighted by Gasteiger charge is 2.01. The number of nitrogen functional groups attached to an aromatic ring is 1. The number of anilines is 1. The van der Waals surface area contributed by atoms with Crippen molar-refractivity contribution >= 4 is 5.69 Å². The molecule has 1 aromatic heterocycles. The predicted octanol–water partition coefficient (Wildman–Crippen LogP) is 2.55. The molecule has 0 radical (unpaired) electrons. The van der Waals surface area contributed by atoms with Crippen LogP contribution in [0.1, 0.15) is 11.1 Å². The van der Waals surface area contributed by atoms with Crippen LogP contribution in [0.3, 0.4) is 0 Å². The van der Waals surface area contributed by atoms with Crippen LogP contribution in [0.15, 0.2) is 42.7 Å². The smallest absolute Gasteiger partial charge is 0.142 e. The molecule has 1 aromatic carbocycles. The minimum atomic E-state index is 0.488. The lowest BCUT2D eigenvalue weighted by Crippen LogP contribution is -1.99. The summed E-state index contributed by atoms with van der Waals surface area (Å²) in [5, 5.41) is 0. The largest absolute Gasteiger partial charge is 0.487 e. The van der Waals surface area contributed by atoms with Gasteiger partial charge in [-0.15, -0.1) is 0 Å². The lowest BCUT2D eigenvalue weighted by Gasteiger charge is -2.09. The van der Waals surface area contributed by atoms with Gasteiger partial charge in [0.1, 0.15) is 12.4 Å². The Morgan fingerprint density at radius 1 is 1.31 bits per heavy atom. The maximum atomic E-state index is 5.81. The molecule has 0 amide bonds. The van der Waals surface area contributed by atoms with Crippen LogP contribution in [0.5, 0.6) is 5.75 Å². The van der Waals surface area contributed by atoms with Gasteiger partial charge in [-0.1, -0.05) is 12.1 Å². The molecule has 0 atom stereocenters. The van der Waals surface area contributed by atoms with Crippen molar-refractivity contribution in [1.29, 1.82) is 0 Å². The van der Waals surface area contributed by atoms with Crippen LogP contribution in [0.25, 0.3) is 0 Å². The molecule has 1 heterocycles. The zero-order valence-corrected chi connectivity index (χ0v) is 9.18. The van der Waals surface area contributed by atoms with E-state index in [9.17, 15) is 0 Å². The van der Waals surface area contributed by atoms with Gasteiger partial charge in [0.05, 0.1) is 5.69 Å². The highest BCUT2D eigenvalue weighted by atomic mass is 16.5. The fraction of sp³-hybridized carbons (Fsp3) is 0.154. The zero-order valence-electron chi connectivity index (χ0n) is 9.18. The van der Waals surface area contributed by atoms with Gasteiger partial charge in [-0.3, -0.25) is 4.98 Å². The van der Waals surface area contributed by atoms with Gasteiger partial charge >= 0.3 is 0 Å². The van der Waals surface area contributed by atoms with E-state index in [-0.39, 0.29) is 0 Å². The first-order chi connectivity index (χ1) is 7.75. The third-order valence-electron chi connectivity index (χ3n) is 2.29. The normalized spacial score (nSPS) is 10.1. The molecule has 0 saturated heterocycles. The van der Waals surface area contributed by atoms with E-state index in [4.69, 9.17) is 10.5 Å². The van der Waals surface area contributed by atoms with Crippen molar-refractivity contribution in [3.05, 3.63) is 53.9 Å². The topological polar surface area (TPSA) is 48.1 Å². The standard InChI is InChI=1S/C13H14N2O/c1-10-4-5-12(14)13(7-10)16-9-11-3-2-6-15-8-11/h2-8H,9,14H2,1H3. The van der Waals surface area contributed by atoms with Crippen molar-refractivity contribution in [3.63, 3.8) is 0 Å². The Morgan fingerprint density at radius 2 is 2.19 bits per heavy atom. The zero-order chi connectivity index (χ0) is 11.4. The van der Waals surface area contributed by atoms with Crippen LogP contribution in [0, 0.1) is 6.92 Å². The first kappa shape index (κ1) is 10.5. The summed E-state index contributed by atoms with van der Waals surface area (Å²) in [5.74, 6) is 0.726. The molecule has 2 N–H and O–H groups in total. The molecular weight excluding hydrogens is 200 g/mol. The number of nitrogens with zero attached hydrogens (tertiary/aromatic N) is 1. The van der Waals surface area contributed by atoms with Crippen LogP contribution in [0.2, 0.25) is 0 Å². The maximum Gasteiger partial charge on any atom is 0.142 e. The number of pyridine rings is 1. The summed E-state index contributed by atoms with van der Waals surface area (Å²) < 4.78 is 5.64. The third-order valence-corrected chi connectivity index (χ3v) is 2.29. The molecule has 0 spiro atoms. The highest BCUT2D eigenvalue weighted by molar-refractivity contribution is 5.53. The molecule has 0 fully saturated rings. The Morgan fingerprint density at radius 3 is 2.94 bits per heavy atom. The summed E-state index contributed by atoms with van der Waals surface area (Å²) >= 11 is 0. The Bertz CT molecular complexity index is 469. The Hall–Kier alpha value is -2.03. The van der Waals surface area contributed by atoms with Crippen LogP contribution in [-0.2, 0) is 6.61 Å². The SMILES string of the molecule is Cc1ccc(N)c(OCc2cccnc2)c1. The van der Waals surface area contributed by atoms with E-state index in [0.717, 1.165) is 16.9 Å². The van der Waals surface area contributed by atoms with Crippen molar-refractivity contribution in [1.82, 2.24) is 4.98 Å². The maximum absolute atomic E-state index is 5.81. The van der Waals surface area contributed by atoms with E-state index in [2.05, 4.69) is 4.98 Å². The lowest BCUT2D eigenvalue weighted by molar-refractivity contribution is 0.307. The van der Waals surface area contributed by atoms with E-state index in [1.807, 2.05) is 37.3 Å². The molecule has 16 heavy (non-hydrogen) atoms. The number of ether oxygens (including phenoxy) is 1. The van der Waals surface area contributed by atoms with Crippen LogP contribution in [0.4, 0.5) is 5.69 Å². The monoisotopic (exact) mass is 214 g/mol. The van der Waals surface area contributed by atoms with Crippen molar-refractivity contribution < 1.29 is 4.74 Å². The molecule has 0 aliphatic heterocycles. The molecule has 3 nitrogen and oxygen atoms in total. The molecule has 0 bridgehead atoms. The second-order valence-corrected chi connectivity index (χ2v) is 3.69. The fourth-order valence-corrected chi connectivity index (χ4v) is 1.41. The predicted molar refractivity (Wildman–Crippen MR) is 64.2 cm³/mol. The molecule has 0 aliphatic rings. The van der Waals surface area contributed by atoms with Gasteiger partial charge in [0, 0.05) is 18.0 Å². The molecule has 2 aromatic rings. The molecule has 0 unspecified atom stereocenters. The van der Waals surface area contributed by atoms with Gasteiger partial charge < -0.3 is 10.5 Å². The molecule has 3 heteroatoms. The number of hydrogen-bond donors (Lipinski definition) is 1. The van der Waals surface area contributed by atoms with Gasteiger partial charge in [0.25, 0.3) is 0 Å². The van der Waals surface area contributed by atoms with Gasteiger partial charge in [-0.2, -0.15) is 0 Å². The van der Waals surface area contributed by atoms with Crippen molar-refractivity contribution in [2.24, 2.45) is 0 Å². The van der Waals surface area contributed by atoms with Gasteiger partial charge in [-0.25, -0.2) is 0 Å². The average molecular weight is 214 g/mol. The summed E-state index contributed by atoms with van der Waals surface area (Å²) in [7, 11) is 0. The summed E-state index contributed by atoms with van der Waals surface area (Å²) in [4.78, 5) is 4.03. The van der Waals surface area contributed by atoms with E-state index in [1.54, 1.807) is 12.4 Å². The molecule has 2 rings (SSSR count). The Labute approximate surface area is 94.9 Å². The van der Waals surface area contributed by atoms with Crippen LogP contribution < -0.4 is 10.5 Å². The summed E-state index contributed by atoms with van der Waals surface area (Å²) in [6.45, 7) is 2.50. The summed E-state index contributed by atoms with van der Waals surface area (Å²) in [5.41, 5.74) is 8.64. The van der Waals surface area contributed by atoms with E-state index in [0.29, 0.717) is 12.3 Å². The number of aryl methyl sites for hydroxylation is 1. The van der Waals surface area contributed by atoms with Crippen molar-refractivity contribution in [2.75, 3.05) is 5.73 Å². The number of rotatable bonds is 3. The average Bonchev–Trinajstić information content (AvgIpc) is 2.32. The third kappa shape index (κ3) is 2.51. The van der Waals surface area contributed by atoms with Crippen molar-refractivity contribution in [3.8, 4) is 5.75 Å². The van der Waals surface area contributed by atoms with Gasteiger partial charge in [0.15, 0.2) is 0 Å². The number of benzene rings is 1. The molecule has 82 valence electrons. The second-order valence-electron chi connectivity index (χ2n) is 3.69. The van der Waals surface area contributed by atoms with E-state index in [1.165, 1.54) is 0 Å². The van der Waals surface area contributed by atoms with E-state index < -0.39 is 0 Å².